The fourth-order valence-electron chi connectivity index (χ4n) is 10.4. The number of nitrogens with one attached hydrogen (secondary N) is 10. The molecule has 494 valence electrons. The van der Waals surface area contributed by atoms with Gasteiger partial charge in [0.15, 0.2) is 5.96 Å². The number of aliphatic hydroxyl groups excluding tert-OH is 1. The maximum absolute atomic E-state index is 15.6. The molecule has 91 heavy (non-hydrogen) atoms. The second-order valence-electron chi connectivity index (χ2n) is 23.6. The number of hydrazine groups is 3. The molecular formula is C59H84N18O14. The molecule has 0 aliphatic carbocycles. The summed E-state index contributed by atoms with van der Waals surface area (Å²) in [5.41, 5.74) is 24.4. The number of ether oxygens (including phenoxy) is 1. The van der Waals surface area contributed by atoms with Crippen molar-refractivity contribution in [3.63, 3.8) is 0 Å². The highest BCUT2D eigenvalue weighted by Gasteiger charge is 2.44. The summed E-state index contributed by atoms with van der Waals surface area (Å²) in [4.78, 5) is 167. The molecule has 6 rings (SSSR count). The molecule has 18 N–H and O–H groups in total. The van der Waals surface area contributed by atoms with Gasteiger partial charge in [-0.1, -0.05) is 44.2 Å². The number of carbonyl (C=O) groups excluding carboxylic acids is 11. The Morgan fingerprint density at radius 3 is 2.12 bits per heavy atom. The van der Waals surface area contributed by atoms with Gasteiger partial charge >= 0.3 is 6.03 Å². The minimum Gasteiger partial charge on any atom is -0.508 e. The van der Waals surface area contributed by atoms with Crippen LogP contribution < -0.4 is 60.1 Å². The van der Waals surface area contributed by atoms with Gasteiger partial charge in [0.25, 0.3) is 17.7 Å². The quantitative estimate of drug-likeness (QED) is 0.00770. The molecule has 32 nitrogen and oxygen atoms in total. The number of fused-ring (bicyclic) bond motifs is 1. The highest BCUT2D eigenvalue weighted by molar-refractivity contribution is 5.97. The van der Waals surface area contributed by atoms with Crippen molar-refractivity contribution in [2.75, 3.05) is 26.3 Å². The van der Waals surface area contributed by atoms with Gasteiger partial charge in [0.2, 0.25) is 29.5 Å². The number of hydrogen-bond acceptors (Lipinski definition) is 18. The van der Waals surface area contributed by atoms with E-state index in [0.29, 0.717) is 45.4 Å². The number of guanidine groups is 1. The predicted octanol–water partition coefficient (Wildman–Crippen LogP) is -2.51. The Bertz CT molecular complexity index is 3200. The molecule has 0 radical (unpaired) electrons. The van der Waals surface area contributed by atoms with Gasteiger partial charge in [-0.3, -0.25) is 58.8 Å². The summed E-state index contributed by atoms with van der Waals surface area (Å²) < 4.78 is 6.11. The van der Waals surface area contributed by atoms with Gasteiger partial charge < -0.3 is 78.3 Å². The van der Waals surface area contributed by atoms with Gasteiger partial charge in [0.1, 0.15) is 72.7 Å². The zero-order chi connectivity index (χ0) is 66.5. The van der Waals surface area contributed by atoms with E-state index in [9.17, 15) is 43.8 Å². The Morgan fingerprint density at radius 2 is 1.49 bits per heavy atom. The number of aromatic amines is 2. The number of amides is 10. The van der Waals surface area contributed by atoms with E-state index in [4.69, 9.17) is 21.9 Å². The van der Waals surface area contributed by atoms with Gasteiger partial charge in [0, 0.05) is 61.3 Å². The summed E-state index contributed by atoms with van der Waals surface area (Å²) in [6, 6.07) is -1.39. The third kappa shape index (κ3) is 20.8. The van der Waals surface area contributed by atoms with Gasteiger partial charge in [-0.25, -0.2) is 25.6 Å². The van der Waals surface area contributed by atoms with Gasteiger partial charge in [-0.05, 0) is 101 Å². The maximum Gasteiger partial charge on any atom is 0.330 e. The largest absolute Gasteiger partial charge is 0.508 e. The first-order valence-corrected chi connectivity index (χ1v) is 29.8. The molecule has 4 aromatic rings. The zero-order valence-electron chi connectivity index (χ0n) is 51.4. The molecule has 0 spiro atoms. The number of benzene rings is 2. The Balaban J connectivity index is 1.38. The highest BCUT2D eigenvalue weighted by Crippen LogP contribution is 2.26. The average molecular weight is 1270 g/mol. The summed E-state index contributed by atoms with van der Waals surface area (Å²) in [5.74, 6) is -7.27. The smallest absolute Gasteiger partial charge is 0.330 e. The second kappa shape index (κ2) is 33.3. The first-order valence-electron chi connectivity index (χ1n) is 29.8. The molecule has 2 aromatic carbocycles. The molecule has 2 aromatic heterocycles. The molecule has 0 bridgehead atoms. The number of imidazole rings is 1. The topological polar surface area (TPSA) is 478 Å². The molecule has 2 saturated heterocycles. The Hall–Kier alpha value is -9.53. The van der Waals surface area contributed by atoms with Crippen LogP contribution >= 0.6 is 0 Å². The summed E-state index contributed by atoms with van der Waals surface area (Å²) >= 11 is 0. The van der Waals surface area contributed by atoms with Crippen LogP contribution in [0.15, 0.2) is 72.2 Å². The molecule has 32 heteroatoms. The van der Waals surface area contributed by atoms with Crippen molar-refractivity contribution in [3.8, 4) is 5.75 Å². The van der Waals surface area contributed by atoms with E-state index < -0.39 is 121 Å². The summed E-state index contributed by atoms with van der Waals surface area (Å²) in [6.07, 6.45) is 5.18. The number of nitrogens with zero attached hydrogens (tertiary/aromatic N) is 5. The fraction of sp³-hybridized carbons (Fsp3) is 0.508. The van der Waals surface area contributed by atoms with E-state index in [2.05, 4.69) is 57.4 Å². The van der Waals surface area contributed by atoms with Crippen molar-refractivity contribution in [3.05, 3.63) is 84.1 Å². The summed E-state index contributed by atoms with van der Waals surface area (Å²) in [7, 11) is 0. The first kappa shape index (κ1) is 70.6. The van der Waals surface area contributed by atoms with Crippen molar-refractivity contribution in [2.24, 2.45) is 28.1 Å². The summed E-state index contributed by atoms with van der Waals surface area (Å²) in [6.45, 7) is 7.14. The standard InChI is InChI=1S/C59H84N18O14/c1-33(2)22-45(56(89)77(37(28-78)10-8-20-64-57(60)61)75-21-9-13-48(75)54(87)72-73-58(62)90)69-53(86)47(31-91-59(3,4)5)71-52(85)44(23-34-14-16-39(81)17-15-34)74-76(38(29-79)30-80)55(88)46(24-35-26-65-41-12-7-6-11-40(35)41)70-51(84)43(25-36-27-63-32-66-36)68-50(83)42-18-19-49(82)67-42/h6-7,11-12,14-17,26-29,32-33,37-38,42-48,65,74,80-81H,8-10,13,18-25,30-31H2,1-5H3,(H,63,66)(H,67,82)(H,68,83)(H,69,86)(H,70,84)(H,71,85)(H,72,87)(H4,60,61,64)(H3,62,73,90)/t37-,38+,42?,43-,44-,45-,46-,47?,48-/m0/s1. The Kier molecular flexibility index (Phi) is 25.8. The number of aldehydes is 2. The number of nitrogens with two attached hydrogens (primary N) is 3. The van der Waals surface area contributed by atoms with E-state index in [-0.39, 0.29) is 101 Å². The number of primary amides is 1. The van der Waals surface area contributed by atoms with Crippen LogP contribution in [-0.4, -0.2) is 198 Å². The second-order valence-corrected chi connectivity index (χ2v) is 23.6. The molecule has 2 aliphatic rings. The fourth-order valence-corrected chi connectivity index (χ4v) is 10.4. The number of carbonyl (C=O) groups is 11. The van der Waals surface area contributed by atoms with Crippen LogP contribution in [0.25, 0.3) is 10.9 Å². The Labute approximate surface area is 524 Å². The molecule has 0 saturated carbocycles. The number of H-pyrrole nitrogens is 2. The van der Waals surface area contributed by atoms with Crippen molar-refractivity contribution in [2.45, 2.75) is 159 Å². The number of para-hydroxylation sites is 1. The number of urea groups is 1. The van der Waals surface area contributed by atoms with Crippen LogP contribution in [0.5, 0.6) is 5.75 Å². The van der Waals surface area contributed by atoms with Crippen LogP contribution in [-0.2, 0) is 71.9 Å². The number of phenols is 1. The zero-order valence-corrected chi connectivity index (χ0v) is 51.4. The van der Waals surface area contributed by atoms with Crippen molar-refractivity contribution in [1.29, 1.82) is 0 Å². The minimum atomic E-state index is -1.77. The molecule has 2 unspecified atom stereocenters. The lowest BCUT2D eigenvalue weighted by Crippen LogP contribution is -2.66. The van der Waals surface area contributed by atoms with Crippen molar-refractivity contribution in [1.82, 2.24) is 72.8 Å². The lowest BCUT2D eigenvalue weighted by Gasteiger charge is -2.41. The number of aromatic hydroxyl groups is 1. The first-order chi connectivity index (χ1) is 43.3. The minimum absolute atomic E-state index is 0.0176. The van der Waals surface area contributed by atoms with Crippen LogP contribution in [0.4, 0.5) is 4.79 Å². The highest BCUT2D eigenvalue weighted by atomic mass is 16.5. The predicted molar refractivity (Wildman–Crippen MR) is 328 cm³/mol. The monoisotopic (exact) mass is 1270 g/mol. The van der Waals surface area contributed by atoms with Gasteiger partial charge in [0.05, 0.1) is 25.1 Å². The van der Waals surface area contributed by atoms with Crippen molar-refractivity contribution >= 4 is 82.7 Å². The number of rotatable bonds is 33. The maximum atomic E-state index is 15.6. The lowest BCUT2D eigenvalue weighted by atomic mass is 10.0. The lowest BCUT2D eigenvalue weighted by molar-refractivity contribution is -0.166. The van der Waals surface area contributed by atoms with E-state index in [1.165, 1.54) is 41.8 Å². The van der Waals surface area contributed by atoms with Crippen LogP contribution in [0, 0.1) is 5.92 Å². The SMILES string of the molecule is CC(C)C[C@H](NC(=O)C(COC(C)(C)C)NC(=O)[C@H](Cc1ccc(O)cc1)NN(C(=O)[C@H](Cc1c[nH]c2ccccc12)NC(=O)[C@H](Cc1cnc[nH]1)NC(=O)C1CCC(=O)N1)[C@H](C=O)CO)C(=O)N([C@H](C=O)CCCN=C(N)N)N1CCC[C@H]1C(=O)NNC(N)=O. The van der Waals surface area contributed by atoms with Gasteiger partial charge in [-0.2, -0.15) is 0 Å². The Morgan fingerprint density at radius 1 is 0.813 bits per heavy atom. The van der Waals surface area contributed by atoms with Crippen LogP contribution in [0.2, 0.25) is 0 Å². The molecule has 2 aliphatic heterocycles. The number of aromatic nitrogens is 3. The van der Waals surface area contributed by atoms with Crippen LogP contribution in [0.3, 0.4) is 0 Å². The van der Waals surface area contributed by atoms with E-state index in [0.717, 1.165) is 5.01 Å². The third-order valence-electron chi connectivity index (χ3n) is 14.9. The van der Waals surface area contributed by atoms with Crippen LogP contribution in [0.1, 0.15) is 96.4 Å². The molecule has 10 amide bonds. The van der Waals surface area contributed by atoms with E-state index in [1.54, 1.807) is 65.1 Å². The van der Waals surface area contributed by atoms with Crippen molar-refractivity contribution < 1.29 is 67.7 Å². The van der Waals surface area contributed by atoms with E-state index >= 15 is 19.2 Å². The normalized spacial score (nSPS) is 17.2. The number of hydrogen-bond donors (Lipinski definition) is 15. The average Bonchev–Trinajstić information content (AvgIpc) is 1.96. The molecule has 4 heterocycles. The van der Waals surface area contributed by atoms with Gasteiger partial charge in [-0.15, -0.1) is 0 Å². The molecular weight excluding hydrogens is 1180 g/mol. The summed E-state index contributed by atoms with van der Waals surface area (Å²) in [5, 5.41) is 38.4. The third-order valence-corrected chi connectivity index (χ3v) is 14.9. The molecule has 9 atom stereocenters. The number of aliphatic imine (C=N–C) groups is 1. The number of aliphatic hydroxyl groups is 1. The number of phenolic OH excluding ortho intramolecular Hbond substituents is 1. The molecule has 2 fully saturated rings. The van der Waals surface area contributed by atoms with E-state index in [1.807, 2.05) is 5.43 Å².